The van der Waals surface area contributed by atoms with Gasteiger partial charge in [0.05, 0.1) is 6.61 Å². The highest BCUT2D eigenvalue weighted by Gasteiger charge is 2.13. The minimum atomic E-state index is -0.813. The number of esters is 1. The first kappa shape index (κ1) is 17.1. The molecule has 0 aliphatic carbocycles. The normalized spacial score (nSPS) is 10.3. The highest BCUT2D eigenvalue weighted by atomic mass is 16.5. The molecule has 0 aromatic rings. The molecule has 0 fully saturated rings. The van der Waals surface area contributed by atoms with Gasteiger partial charge < -0.3 is 9.84 Å². The maximum absolute atomic E-state index is 11.3. The molecule has 0 saturated heterocycles. The molecule has 0 saturated carbocycles. The maximum Gasteiger partial charge on any atom is 0.374 e. The first-order valence-electron chi connectivity index (χ1n) is 7.03. The Kier molecular flexibility index (Phi) is 11.9. The Bertz CT molecular complexity index is 226. The minimum absolute atomic E-state index is 0.0952. The van der Waals surface area contributed by atoms with Gasteiger partial charge in [0.1, 0.15) is 6.61 Å². The molecular weight excluding hydrogens is 232 g/mol. The zero-order valence-corrected chi connectivity index (χ0v) is 11.5. The van der Waals surface area contributed by atoms with E-state index in [9.17, 15) is 9.59 Å². The van der Waals surface area contributed by atoms with Gasteiger partial charge >= 0.3 is 5.97 Å². The number of aliphatic hydroxyl groups is 1. The molecule has 0 rings (SSSR count). The monoisotopic (exact) mass is 258 g/mol. The van der Waals surface area contributed by atoms with Gasteiger partial charge in [-0.3, -0.25) is 4.79 Å². The van der Waals surface area contributed by atoms with Crippen molar-refractivity contribution in [2.24, 2.45) is 0 Å². The molecule has 0 aliphatic rings. The number of unbranched alkanes of at least 4 members (excludes halogenated alkanes) is 7. The van der Waals surface area contributed by atoms with Gasteiger partial charge in [-0.1, -0.05) is 51.9 Å². The fraction of sp³-hybridized carbons (Fsp3) is 0.857. The molecule has 0 aromatic heterocycles. The topological polar surface area (TPSA) is 63.6 Å². The fourth-order valence-electron chi connectivity index (χ4n) is 1.74. The van der Waals surface area contributed by atoms with Crippen molar-refractivity contribution in [2.45, 2.75) is 64.7 Å². The smallest absolute Gasteiger partial charge is 0.374 e. The quantitative estimate of drug-likeness (QED) is 0.332. The van der Waals surface area contributed by atoms with E-state index in [-0.39, 0.29) is 19.6 Å². The number of aliphatic hydroxyl groups excluding tert-OH is 1. The van der Waals surface area contributed by atoms with E-state index in [1.165, 1.54) is 32.1 Å². The van der Waals surface area contributed by atoms with Crippen molar-refractivity contribution in [1.29, 1.82) is 0 Å². The van der Waals surface area contributed by atoms with Crippen molar-refractivity contribution in [3.63, 3.8) is 0 Å². The van der Waals surface area contributed by atoms with Crippen molar-refractivity contribution in [2.75, 3.05) is 13.2 Å². The Morgan fingerprint density at radius 2 is 1.50 bits per heavy atom. The van der Waals surface area contributed by atoms with Crippen molar-refractivity contribution in [3.8, 4) is 0 Å². The average molecular weight is 258 g/mol. The van der Waals surface area contributed by atoms with E-state index in [2.05, 4.69) is 11.7 Å². The molecule has 0 amide bonds. The van der Waals surface area contributed by atoms with E-state index < -0.39 is 11.8 Å². The van der Waals surface area contributed by atoms with Crippen LogP contribution in [0.15, 0.2) is 0 Å². The van der Waals surface area contributed by atoms with Crippen molar-refractivity contribution in [3.05, 3.63) is 0 Å². The van der Waals surface area contributed by atoms with Gasteiger partial charge in [0.2, 0.25) is 5.78 Å². The van der Waals surface area contributed by atoms with Crippen LogP contribution in [0.4, 0.5) is 0 Å². The van der Waals surface area contributed by atoms with E-state index in [4.69, 9.17) is 5.11 Å². The predicted molar refractivity (Wildman–Crippen MR) is 70.3 cm³/mol. The molecule has 0 radical (unpaired) electrons. The second-order valence-electron chi connectivity index (χ2n) is 4.51. The number of hydrogen-bond acceptors (Lipinski definition) is 4. The Hall–Kier alpha value is -0.900. The molecule has 0 heterocycles. The SMILES string of the molecule is CCCCCCCCCCC(=O)C(=O)OCCO. The summed E-state index contributed by atoms with van der Waals surface area (Å²) < 4.78 is 4.54. The third-order valence-corrected chi connectivity index (χ3v) is 2.81. The first-order chi connectivity index (χ1) is 8.72. The van der Waals surface area contributed by atoms with Crippen LogP contribution in [0.25, 0.3) is 0 Å². The van der Waals surface area contributed by atoms with Gasteiger partial charge in [-0.2, -0.15) is 0 Å². The summed E-state index contributed by atoms with van der Waals surface area (Å²) in [6.45, 7) is 1.86. The van der Waals surface area contributed by atoms with Crippen LogP contribution in [0.2, 0.25) is 0 Å². The summed E-state index contributed by atoms with van der Waals surface area (Å²) in [6.07, 6.45) is 9.46. The summed E-state index contributed by atoms with van der Waals surface area (Å²) >= 11 is 0. The summed E-state index contributed by atoms with van der Waals surface area (Å²) in [6, 6.07) is 0. The molecule has 0 aliphatic heterocycles. The summed E-state index contributed by atoms with van der Waals surface area (Å²) in [5, 5.41) is 8.44. The van der Waals surface area contributed by atoms with Crippen LogP contribution in [0, 0.1) is 0 Å². The lowest BCUT2D eigenvalue weighted by Gasteiger charge is -2.02. The Balaban J connectivity index is 3.32. The molecule has 1 N–H and O–H groups in total. The molecule has 0 unspecified atom stereocenters. The number of ether oxygens (including phenoxy) is 1. The van der Waals surface area contributed by atoms with E-state index >= 15 is 0 Å². The lowest BCUT2D eigenvalue weighted by atomic mass is 10.1. The zero-order chi connectivity index (χ0) is 13.6. The predicted octanol–water partition coefficient (Wildman–Crippen LogP) is 2.62. The van der Waals surface area contributed by atoms with Crippen molar-refractivity contribution < 1.29 is 19.4 Å². The summed E-state index contributed by atoms with van der Waals surface area (Å²) in [5.74, 6) is -1.29. The van der Waals surface area contributed by atoms with Gasteiger partial charge in [0, 0.05) is 6.42 Å². The van der Waals surface area contributed by atoms with Crippen LogP contribution >= 0.6 is 0 Å². The van der Waals surface area contributed by atoms with E-state index in [1.54, 1.807) is 0 Å². The Labute approximate surface area is 110 Å². The van der Waals surface area contributed by atoms with E-state index in [1.807, 2.05) is 0 Å². The molecule has 0 aromatic carbocycles. The van der Waals surface area contributed by atoms with Crippen LogP contribution < -0.4 is 0 Å². The van der Waals surface area contributed by atoms with E-state index in [0.29, 0.717) is 0 Å². The summed E-state index contributed by atoms with van der Waals surface area (Å²) in [7, 11) is 0. The maximum atomic E-state index is 11.3. The lowest BCUT2D eigenvalue weighted by Crippen LogP contribution is -2.18. The van der Waals surface area contributed by atoms with Gasteiger partial charge in [0.25, 0.3) is 0 Å². The van der Waals surface area contributed by atoms with Crippen LogP contribution in [0.5, 0.6) is 0 Å². The number of rotatable bonds is 12. The molecule has 4 heteroatoms. The van der Waals surface area contributed by atoms with Crippen molar-refractivity contribution >= 4 is 11.8 Å². The number of Topliss-reactive ketones (excluding diaryl/α,β-unsaturated/α-hetero) is 1. The molecule has 4 nitrogen and oxygen atoms in total. The molecule has 18 heavy (non-hydrogen) atoms. The highest BCUT2D eigenvalue weighted by Crippen LogP contribution is 2.09. The third-order valence-electron chi connectivity index (χ3n) is 2.81. The van der Waals surface area contributed by atoms with Crippen molar-refractivity contribution in [1.82, 2.24) is 0 Å². The standard InChI is InChI=1S/C14H26O4/c1-2-3-4-5-6-7-8-9-10-13(16)14(17)18-12-11-15/h15H,2-12H2,1H3. The molecule has 0 atom stereocenters. The number of ketones is 1. The van der Waals surface area contributed by atoms with Gasteiger partial charge in [0.15, 0.2) is 0 Å². The number of hydrogen-bond donors (Lipinski definition) is 1. The van der Waals surface area contributed by atoms with E-state index in [0.717, 1.165) is 19.3 Å². The van der Waals surface area contributed by atoms with Gasteiger partial charge in [-0.05, 0) is 6.42 Å². The first-order valence-corrected chi connectivity index (χ1v) is 7.03. The average Bonchev–Trinajstić information content (AvgIpc) is 2.38. The third kappa shape index (κ3) is 10.3. The summed E-state index contributed by atoms with van der Waals surface area (Å²) in [4.78, 5) is 22.3. The van der Waals surface area contributed by atoms with Crippen LogP contribution in [0.3, 0.4) is 0 Å². The number of carbonyl (C=O) groups excluding carboxylic acids is 2. The molecule has 0 spiro atoms. The minimum Gasteiger partial charge on any atom is -0.458 e. The van der Waals surface area contributed by atoms with Crippen LogP contribution in [0.1, 0.15) is 64.7 Å². The molecule has 106 valence electrons. The molecule has 0 bridgehead atoms. The second kappa shape index (κ2) is 12.6. The number of carbonyl (C=O) groups is 2. The van der Waals surface area contributed by atoms with Gasteiger partial charge in [-0.15, -0.1) is 0 Å². The van der Waals surface area contributed by atoms with Crippen LogP contribution in [-0.4, -0.2) is 30.1 Å². The highest BCUT2D eigenvalue weighted by molar-refractivity contribution is 6.33. The zero-order valence-electron chi connectivity index (χ0n) is 11.5. The largest absolute Gasteiger partial charge is 0.458 e. The fourth-order valence-corrected chi connectivity index (χ4v) is 1.74. The lowest BCUT2D eigenvalue weighted by molar-refractivity contribution is -0.154. The van der Waals surface area contributed by atoms with Gasteiger partial charge in [-0.25, -0.2) is 4.79 Å². The molecular formula is C14H26O4. The second-order valence-corrected chi connectivity index (χ2v) is 4.51. The summed E-state index contributed by atoms with van der Waals surface area (Å²) in [5.41, 5.74) is 0. The Morgan fingerprint density at radius 1 is 0.944 bits per heavy atom. The van der Waals surface area contributed by atoms with Crippen LogP contribution in [-0.2, 0) is 14.3 Å². The Morgan fingerprint density at radius 3 is 2.06 bits per heavy atom.